The molecule has 0 bridgehead atoms. The maximum atomic E-state index is 12.6. The highest BCUT2D eigenvalue weighted by atomic mass is 32.1. The molecule has 0 aliphatic heterocycles. The van der Waals surface area contributed by atoms with Gasteiger partial charge in [-0.2, -0.15) is 0 Å². The summed E-state index contributed by atoms with van der Waals surface area (Å²) in [5.74, 6) is -0.599. The highest BCUT2D eigenvalue weighted by molar-refractivity contribution is 7.24. The quantitative estimate of drug-likeness (QED) is 0.755. The fraction of sp³-hybridized carbons (Fsp3) is 0.125. The Morgan fingerprint density at radius 2 is 2.00 bits per heavy atom. The van der Waals surface area contributed by atoms with E-state index >= 15 is 0 Å². The molecule has 21 heavy (non-hydrogen) atoms. The fourth-order valence-corrected chi connectivity index (χ4v) is 3.38. The van der Waals surface area contributed by atoms with E-state index in [1.807, 2.05) is 31.2 Å². The van der Waals surface area contributed by atoms with Crippen LogP contribution >= 0.6 is 11.3 Å². The third kappa shape index (κ3) is 2.48. The molecule has 0 amide bonds. The zero-order valence-corrected chi connectivity index (χ0v) is 12.1. The molecule has 2 aromatic carbocycles. The molecule has 1 N–H and O–H groups in total. The predicted molar refractivity (Wildman–Crippen MR) is 83.5 cm³/mol. The van der Waals surface area contributed by atoms with Crippen molar-refractivity contribution in [2.24, 2.45) is 0 Å². The fourth-order valence-electron chi connectivity index (χ4n) is 2.26. The van der Waals surface area contributed by atoms with E-state index < -0.39 is 12.6 Å². The van der Waals surface area contributed by atoms with Crippen molar-refractivity contribution in [3.63, 3.8) is 0 Å². The SMILES string of the molecule is Cc1cc(OCC(=O)O)c2sc3ccccc3c(=O)c2c1. The number of hydrogen-bond acceptors (Lipinski definition) is 4. The summed E-state index contributed by atoms with van der Waals surface area (Å²) in [7, 11) is 0. The van der Waals surface area contributed by atoms with E-state index in [1.165, 1.54) is 11.3 Å². The Kier molecular flexibility index (Phi) is 3.35. The van der Waals surface area contributed by atoms with Crippen molar-refractivity contribution in [3.8, 4) is 5.75 Å². The third-order valence-electron chi connectivity index (χ3n) is 3.14. The third-order valence-corrected chi connectivity index (χ3v) is 4.34. The molecular weight excluding hydrogens is 288 g/mol. The lowest BCUT2D eigenvalue weighted by atomic mass is 10.1. The number of ether oxygens (including phenoxy) is 1. The maximum Gasteiger partial charge on any atom is 0.341 e. The van der Waals surface area contributed by atoms with E-state index in [1.54, 1.807) is 12.1 Å². The van der Waals surface area contributed by atoms with Crippen molar-refractivity contribution in [1.29, 1.82) is 0 Å². The van der Waals surface area contributed by atoms with Crippen LogP contribution < -0.4 is 10.2 Å². The van der Waals surface area contributed by atoms with E-state index in [9.17, 15) is 9.59 Å². The second-order valence-electron chi connectivity index (χ2n) is 4.75. The highest BCUT2D eigenvalue weighted by Gasteiger charge is 2.12. The highest BCUT2D eigenvalue weighted by Crippen LogP contribution is 2.33. The molecule has 0 aliphatic rings. The van der Waals surface area contributed by atoms with Crippen LogP contribution in [0.1, 0.15) is 5.56 Å². The molecule has 4 nitrogen and oxygen atoms in total. The van der Waals surface area contributed by atoms with Gasteiger partial charge < -0.3 is 9.84 Å². The number of fused-ring (bicyclic) bond motifs is 2. The molecule has 3 rings (SSSR count). The zero-order chi connectivity index (χ0) is 15.0. The minimum atomic E-state index is -1.04. The van der Waals surface area contributed by atoms with Gasteiger partial charge in [0.05, 0.1) is 4.70 Å². The van der Waals surface area contributed by atoms with Gasteiger partial charge in [-0.1, -0.05) is 12.1 Å². The van der Waals surface area contributed by atoms with Gasteiger partial charge in [0.2, 0.25) is 0 Å². The summed E-state index contributed by atoms with van der Waals surface area (Å²) in [4.78, 5) is 23.3. The molecule has 106 valence electrons. The topological polar surface area (TPSA) is 63.6 Å². The van der Waals surface area contributed by atoms with Gasteiger partial charge in [0.1, 0.15) is 5.75 Å². The first kappa shape index (κ1) is 13.6. The van der Waals surface area contributed by atoms with Crippen LogP contribution in [-0.4, -0.2) is 17.7 Å². The molecule has 0 saturated carbocycles. The Morgan fingerprint density at radius 3 is 2.76 bits per heavy atom. The molecule has 1 heterocycles. The van der Waals surface area contributed by atoms with Crippen molar-refractivity contribution in [2.75, 3.05) is 6.61 Å². The average molecular weight is 300 g/mol. The number of carboxylic acid groups (broad SMARTS) is 1. The summed E-state index contributed by atoms with van der Waals surface area (Å²) in [5, 5.41) is 10.00. The van der Waals surface area contributed by atoms with Crippen molar-refractivity contribution in [2.45, 2.75) is 6.92 Å². The number of benzene rings is 2. The van der Waals surface area contributed by atoms with Crippen molar-refractivity contribution in [1.82, 2.24) is 0 Å². The van der Waals surface area contributed by atoms with Crippen LogP contribution in [-0.2, 0) is 4.79 Å². The second kappa shape index (κ2) is 5.18. The summed E-state index contributed by atoms with van der Waals surface area (Å²) in [6.07, 6.45) is 0. The molecule has 5 heteroatoms. The first-order valence-electron chi connectivity index (χ1n) is 6.37. The Balaban J connectivity index is 2.33. The number of carbonyl (C=O) groups is 1. The van der Waals surface area contributed by atoms with E-state index in [2.05, 4.69) is 0 Å². The number of aliphatic carboxylic acids is 1. The van der Waals surface area contributed by atoms with Gasteiger partial charge in [-0.25, -0.2) is 4.79 Å². The molecule has 0 atom stereocenters. The molecule has 0 radical (unpaired) electrons. The van der Waals surface area contributed by atoms with Crippen molar-refractivity contribution >= 4 is 37.5 Å². The minimum Gasteiger partial charge on any atom is -0.480 e. The maximum absolute atomic E-state index is 12.6. The number of rotatable bonds is 3. The molecule has 0 fully saturated rings. The van der Waals surface area contributed by atoms with Crippen LogP contribution in [0.25, 0.3) is 20.2 Å². The Morgan fingerprint density at radius 1 is 1.24 bits per heavy atom. The zero-order valence-electron chi connectivity index (χ0n) is 11.3. The van der Waals surface area contributed by atoms with Gasteiger partial charge in [0, 0.05) is 15.5 Å². The van der Waals surface area contributed by atoms with Crippen LogP contribution in [0, 0.1) is 6.92 Å². The van der Waals surface area contributed by atoms with Gasteiger partial charge in [-0.05, 0) is 36.8 Å². The van der Waals surface area contributed by atoms with Gasteiger partial charge in [-0.15, -0.1) is 11.3 Å². The number of hydrogen-bond donors (Lipinski definition) is 1. The summed E-state index contributed by atoms with van der Waals surface area (Å²) in [5.41, 5.74) is 0.811. The van der Waals surface area contributed by atoms with Crippen molar-refractivity contribution < 1.29 is 14.6 Å². The van der Waals surface area contributed by atoms with E-state index in [-0.39, 0.29) is 5.43 Å². The van der Waals surface area contributed by atoms with E-state index in [4.69, 9.17) is 9.84 Å². The molecule has 1 aromatic heterocycles. The Hall–Kier alpha value is -2.40. The molecule has 0 unspecified atom stereocenters. The summed E-state index contributed by atoms with van der Waals surface area (Å²) >= 11 is 1.43. The second-order valence-corrected chi connectivity index (χ2v) is 5.80. The summed E-state index contributed by atoms with van der Waals surface area (Å²) in [6.45, 7) is 1.43. The molecule has 0 spiro atoms. The smallest absolute Gasteiger partial charge is 0.341 e. The van der Waals surface area contributed by atoms with Crippen LogP contribution in [0.3, 0.4) is 0 Å². The Bertz CT molecular complexity index is 911. The number of aryl methyl sites for hydroxylation is 1. The van der Waals surface area contributed by atoms with Gasteiger partial charge in [-0.3, -0.25) is 4.79 Å². The number of carboxylic acids is 1. The summed E-state index contributed by atoms with van der Waals surface area (Å²) in [6, 6.07) is 11.0. The minimum absolute atomic E-state index is 0.0526. The monoisotopic (exact) mass is 300 g/mol. The Labute approximate surface area is 124 Å². The van der Waals surface area contributed by atoms with Gasteiger partial charge in [0.15, 0.2) is 12.0 Å². The van der Waals surface area contributed by atoms with Crippen molar-refractivity contribution in [3.05, 3.63) is 52.2 Å². The lowest BCUT2D eigenvalue weighted by Gasteiger charge is -2.09. The predicted octanol–water partition coefficient (Wildman–Crippen LogP) is 3.19. The van der Waals surface area contributed by atoms with Crippen LogP contribution in [0.15, 0.2) is 41.2 Å². The standard InChI is InChI=1S/C16H12O4S/c1-9-6-11-15(19)10-4-2-3-5-13(10)21-16(11)12(7-9)20-8-14(17)18/h2-7H,8H2,1H3,(H,17,18). The normalized spacial score (nSPS) is 10.9. The average Bonchev–Trinajstić information content (AvgIpc) is 2.46. The molecule has 3 aromatic rings. The lowest BCUT2D eigenvalue weighted by Crippen LogP contribution is -2.10. The molecule has 0 saturated heterocycles. The van der Waals surface area contributed by atoms with Crippen LogP contribution in [0.5, 0.6) is 5.75 Å². The van der Waals surface area contributed by atoms with E-state index in [0.717, 1.165) is 10.3 Å². The van der Waals surface area contributed by atoms with Gasteiger partial charge in [0.25, 0.3) is 0 Å². The van der Waals surface area contributed by atoms with Gasteiger partial charge >= 0.3 is 5.97 Å². The first-order chi connectivity index (χ1) is 10.1. The first-order valence-corrected chi connectivity index (χ1v) is 7.19. The largest absolute Gasteiger partial charge is 0.480 e. The van der Waals surface area contributed by atoms with E-state index in [0.29, 0.717) is 21.2 Å². The lowest BCUT2D eigenvalue weighted by molar-refractivity contribution is -0.139. The molecule has 0 aliphatic carbocycles. The van der Waals surface area contributed by atoms with Crippen LogP contribution in [0.4, 0.5) is 0 Å². The summed E-state index contributed by atoms with van der Waals surface area (Å²) < 4.78 is 6.88. The molecular formula is C16H12O4S. The van der Waals surface area contributed by atoms with Crippen LogP contribution in [0.2, 0.25) is 0 Å².